The highest BCUT2D eigenvalue weighted by Gasteiger charge is 2.40. The van der Waals surface area contributed by atoms with Gasteiger partial charge in [-0.2, -0.15) is 4.31 Å². The summed E-state index contributed by atoms with van der Waals surface area (Å²) in [7, 11) is -3.73. The molecule has 30 heavy (non-hydrogen) atoms. The molecule has 1 aliphatic heterocycles. The van der Waals surface area contributed by atoms with E-state index in [-0.39, 0.29) is 10.9 Å². The van der Waals surface area contributed by atoms with E-state index in [2.05, 4.69) is 5.16 Å². The first-order chi connectivity index (χ1) is 14.3. The van der Waals surface area contributed by atoms with Crippen LogP contribution < -0.4 is 0 Å². The summed E-state index contributed by atoms with van der Waals surface area (Å²) in [6, 6.07) is 11.5. The van der Waals surface area contributed by atoms with Crippen LogP contribution in [0.25, 0.3) is 0 Å². The Morgan fingerprint density at radius 1 is 1.20 bits per heavy atom. The normalized spacial score (nSPS) is 17.5. The van der Waals surface area contributed by atoms with E-state index in [1.807, 2.05) is 43.3 Å². The van der Waals surface area contributed by atoms with Crippen LogP contribution in [0, 0.1) is 20.8 Å². The van der Waals surface area contributed by atoms with Crippen LogP contribution in [-0.2, 0) is 16.4 Å². The van der Waals surface area contributed by atoms with Crippen LogP contribution in [-0.4, -0.2) is 29.4 Å². The molecule has 1 aromatic carbocycles. The quantitative estimate of drug-likeness (QED) is 0.565. The van der Waals surface area contributed by atoms with Crippen LogP contribution >= 0.6 is 11.6 Å². The number of benzene rings is 1. The summed E-state index contributed by atoms with van der Waals surface area (Å²) < 4.78 is 33.5. The SMILES string of the molecule is Cc1cc(Cc2ccccc2Cl)cc([C@@H]2CCCN2S(=O)(=O)c2c(C)noc2C)n1. The summed E-state index contributed by atoms with van der Waals surface area (Å²) >= 11 is 6.33. The Labute approximate surface area is 181 Å². The van der Waals surface area contributed by atoms with E-state index in [0.29, 0.717) is 24.4 Å². The van der Waals surface area contributed by atoms with Crippen LogP contribution in [0.5, 0.6) is 0 Å². The van der Waals surface area contributed by atoms with E-state index in [9.17, 15) is 8.42 Å². The molecule has 3 aromatic rings. The Morgan fingerprint density at radius 2 is 1.97 bits per heavy atom. The van der Waals surface area contributed by atoms with Gasteiger partial charge in [-0.1, -0.05) is 35.0 Å². The van der Waals surface area contributed by atoms with Crippen molar-refractivity contribution in [1.82, 2.24) is 14.4 Å². The highest BCUT2D eigenvalue weighted by atomic mass is 35.5. The van der Waals surface area contributed by atoms with Gasteiger partial charge in [-0.15, -0.1) is 0 Å². The maximum absolute atomic E-state index is 13.4. The maximum Gasteiger partial charge on any atom is 0.249 e. The number of rotatable bonds is 5. The third-order valence-corrected chi connectivity index (χ3v) is 7.99. The van der Waals surface area contributed by atoms with Crippen molar-refractivity contribution in [3.63, 3.8) is 0 Å². The summed E-state index contributed by atoms with van der Waals surface area (Å²) in [5.74, 6) is 0.315. The predicted molar refractivity (Wildman–Crippen MR) is 115 cm³/mol. The zero-order valence-corrected chi connectivity index (χ0v) is 18.8. The Hall–Kier alpha value is -2.22. The van der Waals surface area contributed by atoms with Gasteiger partial charge in [0.1, 0.15) is 10.6 Å². The lowest BCUT2D eigenvalue weighted by Gasteiger charge is -2.24. The van der Waals surface area contributed by atoms with Crippen molar-refractivity contribution in [1.29, 1.82) is 0 Å². The number of aromatic nitrogens is 2. The molecule has 0 radical (unpaired) electrons. The van der Waals surface area contributed by atoms with Crippen molar-refractivity contribution in [3.8, 4) is 0 Å². The van der Waals surface area contributed by atoms with Crippen molar-refractivity contribution in [2.45, 2.75) is 51.0 Å². The van der Waals surface area contributed by atoms with E-state index in [1.54, 1.807) is 18.2 Å². The fraction of sp³-hybridized carbons (Fsp3) is 0.364. The van der Waals surface area contributed by atoms with E-state index in [1.165, 1.54) is 0 Å². The van der Waals surface area contributed by atoms with Crippen LogP contribution in [0.15, 0.2) is 45.8 Å². The number of sulfonamides is 1. The van der Waals surface area contributed by atoms with Crippen LogP contribution in [0.4, 0.5) is 0 Å². The van der Waals surface area contributed by atoms with E-state index >= 15 is 0 Å². The molecule has 8 heteroatoms. The fourth-order valence-corrected chi connectivity index (χ4v) is 6.35. The van der Waals surface area contributed by atoms with Crippen LogP contribution in [0.2, 0.25) is 5.02 Å². The first kappa shape index (κ1) is 21.0. The van der Waals surface area contributed by atoms with Gasteiger partial charge in [-0.3, -0.25) is 4.98 Å². The van der Waals surface area contributed by atoms with Gasteiger partial charge in [-0.25, -0.2) is 8.42 Å². The van der Waals surface area contributed by atoms with Crippen LogP contribution in [0.1, 0.15) is 52.9 Å². The van der Waals surface area contributed by atoms with Crippen molar-refractivity contribution in [2.75, 3.05) is 6.54 Å². The summed E-state index contributed by atoms with van der Waals surface area (Å²) in [5.41, 5.74) is 4.10. The van der Waals surface area contributed by atoms with E-state index in [0.717, 1.165) is 40.4 Å². The molecule has 1 saturated heterocycles. The standard InChI is InChI=1S/C22H24ClN3O3S/c1-14-11-17(12-18-7-4-5-8-19(18)23)13-20(24-14)21-9-6-10-26(21)30(27,28)22-15(2)25-29-16(22)3/h4-5,7-8,11,13,21H,6,9-10,12H2,1-3H3/t21-/m0/s1. The molecule has 0 spiro atoms. The average Bonchev–Trinajstić information content (AvgIpc) is 3.31. The number of hydrogen-bond acceptors (Lipinski definition) is 5. The molecule has 6 nitrogen and oxygen atoms in total. The second-order valence-electron chi connectivity index (χ2n) is 7.74. The van der Waals surface area contributed by atoms with Crippen molar-refractivity contribution in [2.24, 2.45) is 0 Å². The summed E-state index contributed by atoms with van der Waals surface area (Å²) in [5, 5.41) is 4.55. The highest BCUT2D eigenvalue weighted by molar-refractivity contribution is 7.89. The molecule has 0 saturated carbocycles. The van der Waals surface area contributed by atoms with E-state index in [4.69, 9.17) is 21.1 Å². The summed E-state index contributed by atoms with van der Waals surface area (Å²) in [6.45, 7) is 5.67. The molecule has 0 aliphatic carbocycles. The van der Waals surface area contributed by atoms with Gasteiger partial charge in [0.05, 0.1) is 11.7 Å². The first-order valence-electron chi connectivity index (χ1n) is 9.93. The molecule has 3 heterocycles. The van der Waals surface area contributed by atoms with Crippen molar-refractivity contribution in [3.05, 3.63) is 75.4 Å². The van der Waals surface area contributed by atoms with Gasteiger partial charge in [0, 0.05) is 17.3 Å². The molecule has 0 amide bonds. The monoisotopic (exact) mass is 445 g/mol. The van der Waals surface area contributed by atoms with E-state index < -0.39 is 10.0 Å². The second kappa shape index (κ2) is 8.13. The molecule has 2 aromatic heterocycles. The predicted octanol–water partition coefficient (Wildman–Crippen LogP) is 4.76. The molecule has 4 rings (SSSR count). The molecule has 0 N–H and O–H groups in total. The Morgan fingerprint density at radius 3 is 2.67 bits per heavy atom. The zero-order chi connectivity index (χ0) is 21.5. The Bertz CT molecular complexity index is 1170. The number of nitrogens with zero attached hydrogens (tertiary/aromatic N) is 3. The molecular formula is C22H24ClN3O3S. The number of aryl methyl sites for hydroxylation is 3. The zero-order valence-electron chi connectivity index (χ0n) is 17.2. The van der Waals surface area contributed by atoms with Crippen molar-refractivity contribution >= 4 is 21.6 Å². The molecule has 1 aliphatic rings. The molecule has 158 valence electrons. The molecule has 1 atom stereocenters. The Kier molecular flexibility index (Phi) is 5.70. The lowest BCUT2D eigenvalue weighted by Crippen LogP contribution is -2.32. The molecule has 0 unspecified atom stereocenters. The third-order valence-electron chi connectivity index (χ3n) is 5.47. The summed E-state index contributed by atoms with van der Waals surface area (Å²) in [4.78, 5) is 4.86. The fourth-order valence-electron chi connectivity index (χ4n) is 4.19. The second-order valence-corrected chi connectivity index (χ2v) is 9.97. The topological polar surface area (TPSA) is 76.3 Å². The summed E-state index contributed by atoms with van der Waals surface area (Å²) in [6.07, 6.45) is 2.17. The minimum atomic E-state index is -3.73. The molecule has 1 fully saturated rings. The lowest BCUT2D eigenvalue weighted by atomic mass is 10.0. The smallest absolute Gasteiger partial charge is 0.249 e. The van der Waals surface area contributed by atoms with Gasteiger partial charge in [0.2, 0.25) is 10.0 Å². The van der Waals surface area contributed by atoms with Gasteiger partial charge in [0.15, 0.2) is 5.76 Å². The van der Waals surface area contributed by atoms with Gasteiger partial charge in [0.25, 0.3) is 0 Å². The van der Waals surface area contributed by atoms with Crippen molar-refractivity contribution < 1.29 is 12.9 Å². The van der Waals surface area contributed by atoms with Gasteiger partial charge < -0.3 is 4.52 Å². The maximum atomic E-state index is 13.4. The number of pyridine rings is 1. The third kappa shape index (κ3) is 3.89. The Balaban J connectivity index is 1.70. The minimum absolute atomic E-state index is 0.165. The lowest BCUT2D eigenvalue weighted by molar-refractivity contribution is 0.381. The highest BCUT2D eigenvalue weighted by Crippen LogP contribution is 2.38. The average molecular weight is 446 g/mol. The van der Waals surface area contributed by atoms with Gasteiger partial charge >= 0.3 is 0 Å². The largest absolute Gasteiger partial charge is 0.360 e. The van der Waals surface area contributed by atoms with Crippen LogP contribution in [0.3, 0.4) is 0 Å². The molecular weight excluding hydrogens is 422 g/mol. The minimum Gasteiger partial charge on any atom is -0.360 e. The first-order valence-corrected chi connectivity index (χ1v) is 11.7. The number of halogens is 1. The number of hydrogen-bond donors (Lipinski definition) is 0. The van der Waals surface area contributed by atoms with Gasteiger partial charge in [-0.05, 0) is 69.4 Å². The molecule has 0 bridgehead atoms.